The van der Waals surface area contributed by atoms with Crippen molar-refractivity contribution in [3.63, 3.8) is 0 Å². The zero-order valence-electron chi connectivity index (χ0n) is 11.5. The molecule has 2 saturated heterocycles. The molecule has 0 bridgehead atoms. The number of nitrogens with zero attached hydrogens (tertiary/aromatic N) is 2. The average molecular weight is 241 g/mol. The van der Waals surface area contributed by atoms with E-state index in [1.807, 2.05) is 7.05 Å². The molecule has 100 valence electrons. The highest BCUT2D eigenvalue weighted by Gasteiger charge is 2.23. The van der Waals surface area contributed by atoms with Crippen LogP contribution >= 0.6 is 0 Å². The Labute approximate surface area is 105 Å². The lowest BCUT2D eigenvalue weighted by atomic mass is 10.1. The topological polar surface area (TPSA) is 49.6 Å². The van der Waals surface area contributed by atoms with Crippen molar-refractivity contribution < 1.29 is 4.79 Å². The Kier molecular flexibility index (Phi) is 5.92. The number of carbonyl (C=O) groups is 1. The third-order valence-electron chi connectivity index (χ3n) is 3.86. The maximum atomic E-state index is 10.5. The van der Waals surface area contributed by atoms with Gasteiger partial charge in [0.15, 0.2) is 0 Å². The molecule has 0 spiro atoms. The zero-order valence-corrected chi connectivity index (χ0v) is 11.5. The molecule has 2 unspecified atom stereocenters. The second kappa shape index (κ2) is 6.97. The van der Waals surface area contributed by atoms with E-state index in [-0.39, 0.29) is 11.8 Å². The van der Waals surface area contributed by atoms with Crippen LogP contribution in [-0.4, -0.2) is 56.0 Å². The van der Waals surface area contributed by atoms with Crippen molar-refractivity contribution in [3.05, 3.63) is 0 Å². The van der Waals surface area contributed by atoms with Crippen molar-refractivity contribution in [1.82, 2.24) is 9.80 Å². The molecule has 2 rings (SSSR count). The Hall–Kier alpha value is -0.610. The molecule has 2 N–H and O–H groups in total. The van der Waals surface area contributed by atoms with Crippen molar-refractivity contribution >= 4 is 5.91 Å². The van der Waals surface area contributed by atoms with E-state index in [0.29, 0.717) is 0 Å². The smallest absolute Gasteiger partial charge is 0.221 e. The van der Waals surface area contributed by atoms with Crippen molar-refractivity contribution in [2.75, 3.05) is 40.3 Å². The number of amides is 1. The van der Waals surface area contributed by atoms with E-state index in [0.717, 1.165) is 25.4 Å². The van der Waals surface area contributed by atoms with Gasteiger partial charge < -0.3 is 15.5 Å². The predicted molar refractivity (Wildman–Crippen MR) is 70.7 cm³/mol. The van der Waals surface area contributed by atoms with Gasteiger partial charge in [0.1, 0.15) is 0 Å². The number of nitrogens with two attached hydrogens (primary N) is 1. The van der Waals surface area contributed by atoms with E-state index < -0.39 is 0 Å². The number of primary amides is 1. The van der Waals surface area contributed by atoms with E-state index in [1.54, 1.807) is 0 Å². The minimum absolute atomic E-state index is 0.106. The summed E-state index contributed by atoms with van der Waals surface area (Å²) in [5.41, 5.74) is 5.09. The molecule has 2 heterocycles. The molecular weight excluding hydrogens is 214 g/mol. The van der Waals surface area contributed by atoms with E-state index >= 15 is 0 Å². The summed E-state index contributed by atoms with van der Waals surface area (Å²) < 4.78 is 0. The summed E-state index contributed by atoms with van der Waals surface area (Å²) in [7, 11) is 4.21. The van der Waals surface area contributed by atoms with Gasteiger partial charge in [0.05, 0.1) is 5.92 Å². The van der Waals surface area contributed by atoms with E-state index in [2.05, 4.69) is 23.8 Å². The quantitative estimate of drug-likeness (QED) is 0.777. The van der Waals surface area contributed by atoms with Crippen molar-refractivity contribution in [1.29, 1.82) is 0 Å². The molecule has 0 aromatic carbocycles. The third-order valence-corrected chi connectivity index (χ3v) is 3.86. The highest BCUT2D eigenvalue weighted by Crippen LogP contribution is 2.16. The van der Waals surface area contributed by atoms with Gasteiger partial charge in [0.25, 0.3) is 0 Å². The first-order chi connectivity index (χ1) is 8.02. The third kappa shape index (κ3) is 5.04. The molecule has 0 aromatic heterocycles. The second-order valence-electron chi connectivity index (χ2n) is 5.48. The lowest BCUT2D eigenvalue weighted by Gasteiger charge is -2.05. The van der Waals surface area contributed by atoms with Gasteiger partial charge in [-0.25, -0.2) is 0 Å². The van der Waals surface area contributed by atoms with Gasteiger partial charge in [-0.1, -0.05) is 13.3 Å². The molecule has 2 aliphatic heterocycles. The van der Waals surface area contributed by atoms with Crippen LogP contribution in [-0.2, 0) is 4.79 Å². The van der Waals surface area contributed by atoms with E-state index in [9.17, 15) is 4.79 Å². The average Bonchev–Trinajstić information content (AvgIpc) is 2.88. The zero-order chi connectivity index (χ0) is 12.8. The Morgan fingerprint density at radius 1 is 1.18 bits per heavy atom. The summed E-state index contributed by atoms with van der Waals surface area (Å²) in [4.78, 5) is 15.1. The number of likely N-dealkylation sites (tertiary alicyclic amines) is 2. The molecule has 0 aromatic rings. The Bertz CT molecular complexity index is 245. The van der Waals surface area contributed by atoms with Crippen molar-refractivity contribution in [3.8, 4) is 0 Å². The first-order valence-electron chi connectivity index (χ1n) is 6.69. The van der Waals surface area contributed by atoms with Gasteiger partial charge in [-0.3, -0.25) is 4.79 Å². The highest BCUT2D eigenvalue weighted by molar-refractivity contribution is 5.77. The van der Waals surface area contributed by atoms with Crippen LogP contribution in [0.2, 0.25) is 0 Å². The van der Waals surface area contributed by atoms with Gasteiger partial charge in [-0.2, -0.15) is 0 Å². The van der Waals surface area contributed by atoms with Crippen LogP contribution in [0.25, 0.3) is 0 Å². The van der Waals surface area contributed by atoms with Gasteiger partial charge in [-0.05, 0) is 45.9 Å². The largest absolute Gasteiger partial charge is 0.369 e. The van der Waals surface area contributed by atoms with Crippen LogP contribution in [0, 0.1) is 11.8 Å². The number of rotatable bonds is 2. The highest BCUT2D eigenvalue weighted by atomic mass is 16.1. The summed E-state index contributed by atoms with van der Waals surface area (Å²) in [6.45, 7) is 6.78. The minimum Gasteiger partial charge on any atom is -0.369 e. The fraction of sp³-hybridized carbons (Fsp3) is 0.923. The molecule has 2 aliphatic rings. The molecule has 0 radical (unpaired) electrons. The second-order valence-corrected chi connectivity index (χ2v) is 5.48. The van der Waals surface area contributed by atoms with Crippen LogP contribution in [0.1, 0.15) is 26.2 Å². The van der Waals surface area contributed by atoms with Crippen LogP contribution in [0.3, 0.4) is 0 Å². The van der Waals surface area contributed by atoms with Gasteiger partial charge >= 0.3 is 0 Å². The van der Waals surface area contributed by atoms with Crippen LogP contribution < -0.4 is 5.73 Å². The SMILES string of the molecule is CCC1CCN(C)C1.CN1CCC(C(N)=O)C1. The summed E-state index contributed by atoms with van der Waals surface area (Å²) in [5.74, 6) is 0.953. The molecule has 0 aliphatic carbocycles. The first kappa shape index (κ1) is 14.5. The van der Waals surface area contributed by atoms with E-state index in [1.165, 1.54) is 25.9 Å². The fourth-order valence-corrected chi connectivity index (χ4v) is 2.53. The number of hydrogen-bond acceptors (Lipinski definition) is 3. The molecular formula is C13H27N3O. The normalized spacial score (nSPS) is 30.1. The van der Waals surface area contributed by atoms with Crippen LogP contribution in [0.4, 0.5) is 0 Å². The van der Waals surface area contributed by atoms with Crippen molar-refractivity contribution in [2.45, 2.75) is 26.2 Å². The lowest BCUT2D eigenvalue weighted by Crippen LogP contribution is -2.25. The molecule has 2 atom stereocenters. The first-order valence-corrected chi connectivity index (χ1v) is 6.69. The molecule has 0 saturated carbocycles. The Morgan fingerprint density at radius 2 is 1.76 bits per heavy atom. The maximum absolute atomic E-state index is 10.5. The summed E-state index contributed by atoms with van der Waals surface area (Å²) >= 11 is 0. The van der Waals surface area contributed by atoms with E-state index in [4.69, 9.17) is 5.73 Å². The van der Waals surface area contributed by atoms with Gasteiger partial charge in [0.2, 0.25) is 5.91 Å². The molecule has 2 fully saturated rings. The monoisotopic (exact) mass is 241 g/mol. The van der Waals surface area contributed by atoms with Crippen molar-refractivity contribution in [2.24, 2.45) is 17.6 Å². The summed E-state index contributed by atoms with van der Waals surface area (Å²) in [6, 6.07) is 0. The number of hydrogen-bond donors (Lipinski definition) is 1. The van der Waals surface area contributed by atoms with Gasteiger partial charge in [-0.15, -0.1) is 0 Å². The standard InChI is InChI=1S/C7H15N.C6H12N2O/c1-3-7-4-5-8(2)6-7;1-8-3-2-5(4-8)6(7)9/h7H,3-6H2,1-2H3;5H,2-4H2,1H3,(H2,7,9). The van der Waals surface area contributed by atoms with Crippen LogP contribution in [0.5, 0.6) is 0 Å². The Balaban J connectivity index is 0.000000171. The molecule has 1 amide bonds. The predicted octanol–water partition coefficient (Wildman–Crippen LogP) is 0.772. The molecule has 17 heavy (non-hydrogen) atoms. The summed E-state index contributed by atoms with van der Waals surface area (Å²) in [5, 5.41) is 0. The molecule has 4 nitrogen and oxygen atoms in total. The van der Waals surface area contributed by atoms with Gasteiger partial charge in [0, 0.05) is 13.1 Å². The Morgan fingerprint density at radius 3 is 2.00 bits per heavy atom. The minimum atomic E-state index is -0.153. The molecule has 4 heteroatoms. The lowest BCUT2D eigenvalue weighted by molar-refractivity contribution is -0.121. The summed E-state index contributed by atoms with van der Waals surface area (Å²) in [6.07, 6.45) is 3.73. The maximum Gasteiger partial charge on any atom is 0.221 e. The van der Waals surface area contributed by atoms with Crippen LogP contribution in [0.15, 0.2) is 0 Å². The number of carbonyl (C=O) groups excluding carboxylic acids is 1. The fourth-order valence-electron chi connectivity index (χ4n) is 2.53.